The molecule has 0 amide bonds. The minimum Gasteiger partial charge on any atom is -0.500 e. The maximum Gasteiger partial charge on any atom is 0.120 e. The van der Waals surface area contributed by atoms with Crippen molar-refractivity contribution in [2.45, 2.75) is 66.0 Å². The second-order valence-electron chi connectivity index (χ2n) is 15.2. The predicted molar refractivity (Wildman–Crippen MR) is 209 cm³/mol. The first-order chi connectivity index (χ1) is 24.1. The van der Waals surface area contributed by atoms with Gasteiger partial charge in [0.1, 0.15) is 5.58 Å². The van der Waals surface area contributed by atoms with E-state index < -0.39 is 19.9 Å². The zero-order valence-electron chi connectivity index (χ0n) is 32.2. The van der Waals surface area contributed by atoms with Crippen molar-refractivity contribution in [3.63, 3.8) is 0 Å². The molecule has 0 saturated carbocycles. The third-order valence-electron chi connectivity index (χ3n) is 8.77. The van der Waals surface area contributed by atoms with Gasteiger partial charge in [-0.05, 0) is 51.6 Å². The predicted octanol–water partition coefficient (Wildman–Crippen LogP) is 11.5. The summed E-state index contributed by atoms with van der Waals surface area (Å²) in [4.78, 5) is 9.23. The molecule has 0 spiro atoms. The summed E-state index contributed by atoms with van der Waals surface area (Å²) in [5.41, 5.74) is 8.05. The maximum atomic E-state index is 8.75. The van der Waals surface area contributed by atoms with Gasteiger partial charge in [-0.1, -0.05) is 126 Å². The molecule has 0 atom stereocenters. The summed E-state index contributed by atoms with van der Waals surface area (Å²) in [6.45, 7) is 17.1. The van der Waals surface area contributed by atoms with E-state index in [4.69, 9.17) is 7.16 Å². The summed E-state index contributed by atoms with van der Waals surface area (Å²) in [6.07, 6.45) is 2.36. The van der Waals surface area contributed by atoms with Crippen molar-refractivity contribution in [2.24, 2.45) is 5.41 Å². The SMILES string of the molecule is CC(C)(c1ccccc1)c1ccnc(-c2[c-]cc3oc4ccccc4c3c2)c1.[2H]C([2H])(c1cc(-c2[c-]cccc2)ncc1[Si](C)(C)C)C(C)(C)C.[Ir]. The van der Waals surface area contributed by atoms with Crippen molar-refractivity contribution >= 4 is 35.2 Å². The number of furan rings is 1. The van der Waals surface area contributed by atoms with Gasteiger partial charge in [-0.3, -0.25) is 0 Å². The van der Waals surface area contributed by atoms with Crippen LogP contribution in [0.25, 0.3) is 44.5 Å². The van der Waals surface area contributed by atoms with Crippen molar-refractivity contribution in [1.82, 2.24) is 9.97 Å². The molecule has 50 heavy (non-hydrogen) atoms. The first-order valence-electron chi connectivity index (χ1n) is 17.9. The van der Waals surface area contributed by atoms with E-state index in [2.05, 4.69) is 110 Å². The molecule has 3 aromatic heterocycles. The number of hydrogen-bond donors (Lipinski definition) is 0. The number of aromatic nitrogens is 2. The normalized spacial score (nSPS) is 12.8. The molecule has 0 aliphatic heterocycles. The van der Waals surface area contributed by atoms with Crippen LogP contribution >= 0.6 is 0 Å². The fourth-order valence-corrected chi connectivity index (χ4v) is 7.46. The zero-order valence-corrected chi connectivity index (χ0v) is 33.6. The Hall–Kier alpha value is -4.15. The molecule has 7 rings (SSSR count). The number of fused-ring (bicyclic) bond motifs is 3. The molecule has 257 valence electrons. The van der Waals surface area contributed by atoms with Gasteiger partial charge in [-0.25, -0.2) is 0 Å². The molecular formula is C45H46IrN2OSi-2. The van der Waals surface area contributed by atoms with Crippen molar-refractivity contribution in [3.8, 4) is 22.5 Å². The van der Waals surface area contributed by atoms with Gasteiger partial charge in [-0.2, -0.15) is 0 Å². The molecule has 0 bridgehead atoms. The molecule has 0 saturated heterocycles. The molecule has 5 heteroatoms. The van der Waals surface area contributed by atoms with Crippen LogP contribution in [0.15, 0.2) is 126 Å². The fraction of sp³-hybridized carbons (Fsp3) is 0.244. The molecule has 1 radical (unpaired) electrons. The molecule has 0 fully saturated rings. The average Bonchev–Trinajstić information content (AvgIpc) is 3.50. The van der Waals surface area contributed by atoms with Gasteiger partial charge in [0, 0.05) is 46.0 Å². The number of rotatable bonds is 6. The number of benzene rings is 4. The van der Waals surface area contributed by atoms with Crippen molar-refractivity contribution in [2.75, 3.05) is 0 Å². The summed E-state index contributed by atoms with van der Waals surface area (Å²) >= 11 is 0. The molecule has 0 N–H and O–H groups in total. The van der Waals surface area contributed by atoms with Crippen LogP contribution in [0.5, 0.6) is 0 Å². The molecule has 3 heterocycles. The molecule has 0 aliphatic carbocycles. The molecule has 4 aromatic carbocycles. The van der Waals surface area contributed by atoms with Crippen LogP contribution in [0.1, 0.15) is 54.1 Å². The first-order valence-corrected chi connectivity index (χ1v) is 20.4. The van der Waals surface area contributed by atoms with Crippen LogP contribution in [0.4, 0.5) is 0 Å². The topological polar surface area (TPSA) is 38.9 Å². The van der Waals surface area contributed by atoms with Gasteiger partial charge >= 0.3 is 0 Å². The second-order valence-corrected chi connectivity index (χ2v) is 20.2. The van der Waals surface area contributed by atoms with Gasteiger partial charge in [-0.15, -0.1) is 59.7 Å². The van der Waals surface area contributed by atoms with Gasteiger partial charge in [0.25, 0.3) is 0 Å². The van der Waals surface area contributed by atoms with E-state index in [1.54, 1.807) is 0 Å². The van der Waals surface area contributed by atoms with Crippen LogP contribution in [0, 0.1) is 17.5 Å². The van der Waals surface area contributed by atoms with E-state index in [9.17, 15) is 0 Å². The van der Waals surface area contributed by atoms with Crippen molar-refractivity contribution < 1.29 is 27.3 Å². The summed E-state index contributed by atoms with van der Waals surface area (Å²) in [5.74, 6) is 0. The van der Waals surface area contributed by atoms with Crippen LogP contribution in [0.3, 0.4) is 0 Å². The Morgan fingerprint density at radius 1 is 0.700 bits per heavy atom. The van der Waals surface area contributed by atoms with Crippen LogP contribution < -0.4 is 5.19 Å². The molecular weight excluding hydrogens is 805 g/mol. The van der Waals surface area contributed by atoms with E-state index in [0.717, 1.165) is 55.2 Å². The van der Waals surface area contributed by atoms with Crippen molar-refractivity contribution in [3.05, 3.63) is 150 Å². The Kier molecular flexibility index (Phi) is 10.3. The summed E-state index contributed by atoms with van der Waals surface area (Å²) in [7, 11) is -1.70. The minimum absolute atomic E-state index is 0. The van der Waals surface area contributed by atoms with E-state index in [1.807, 2.05) is 87.8 Å². The molecule has 0 unspecified atom stereocenters. The minimum atomic E-state index is -1.70. The number of para-hydroxylation sites is 1. The number of hydrogen-bond acceptors (Lipinski definition) is 3. The fourth-order valence-electron chi connectivity index (χ4n) is 6.07. The summed E-state index contributed by atoms with van der Waals surface area (Å²) in [6, 6.07) is 43.2. The summed E-state index contributed by atoms with van der Waals surface area (Å²) in [5, 5.41) is 3.31. The van der Waals surface area contributed by atoms with Crippen molar-refractivity contribution in [1.29, 1.82) is 0 Å². The smallest absolute Gasteiger partial charge is 0.120 e. The van der Waals surface area contributed by atoms with Gasteiger partial charge in [0.2, 0.25) is 0 Å². The molecule has 3 nitrogen and oxygen atoms in total. The maximum absolute atomic E-state index is 8.75. The van der Waals surface area contributed by atoms with Crippen LogP contribution in [-0.2, 0) is 31.9 Å². The largest absolute Gasteiger partial charge is 0.500 e. The Balaban J connectivity index is 0.000000202. The molecule has 0 aliphatic rings. The molecule has 7 aromatic rings. The Labute approximate surface area is 315 Å². The third kappa shape index (κ3) is 8.41. The Morgan fingerprint density at radius 2 is 1.40 bits per heavy atom. The summed E-state index contributed by atoms with van der Waals surface area (Å²) < 4.78 is 23.4. The van der Waals surface area contributed by atoms with E-state index in [-0.39, 0.29) is 25.5 Å². The number of pyridine rings is 2. The Morgan fingerprint density at radius 3 is 2.10 bits per heavy atom. The quantitative estimate of drug-likeness (QED) is 0.124. The van der Waals surface area contributed by atoms with E-state index >= 15 is 0 Å². The third-order valence-corrected chi connectivity index (χ3v) is 10.8. The van der Waals surface area contributed by atoms with Gasteiger partial charge in [0.05, 0.1) is 13.7 Å². The van der Waals surface area contributed by atoms with Gasteiger partial charge < -0.3 is 14.4 Å². The Bertz CT molecular complexity index is 2290. The van der Waals surface area contributed by atoms with Crippen LogP contribution in [-0.4, -0.2) is 18.0 Å². The second kappa shape index (κ2) is 15.0. The monoisotopic (exact) mass is 853 g/mol. The zero-order chi connectivity index (χ0) is 36.6. The van der Waals surface area contributed by atoms with Gasteiger partial charge in [0.15, 0.2) is 0 Å². The first kappa shape index (κ1) is 34.3. The standard InChI is InChI=1S/C26H20NO.C19H26NSi.Ir/c1-26(2,19-8-4-3-5-9-19)20-14-15-27-23(17-20)18-12-13-25-22(16-18)21-10-6-7-11-24(21)28-25;1-19(2,3)13-16-12-17(15-10-8-7-9-11-15)20-14-18(16)21(4,5)6;/h3-11,13-17H,1-2H3;7-10,12,14H,13H2,1-6H3;/q2*-1;/i;13D2;. The van der Waals surface area contributed by atoms with Crippen LogP contribution in [0.2, 0.25) is 19.6 Å². The van der Waals surface area contributed by atoms with E-state index in [1.165, 1.54) is 11.1 Å². The number of nitrogens with zero attached hydrogens (tertiary/aromatic N) is 2. The average molecular weight is 853 g/mol. The van der Waals surface area contributed by atoms with E-state index in [0.29, 0.717) is 0 Å².